The first-order chi connectivity index (χ1) is 39.7. The fourth-order valence-electron chi connectivity index (χ4n) is 10.8. The van der Waals surface area contributed by atoms with E-state index in [4.69, 9.17) is 10.0 Å². The summed E-state index contributed by atoms with van der Waals surface area (Å²) in [5, 5.41) is 23.8. The Labute approximate surface area is 532 Å². The van der Waals surface area contributed by atoms with Gasteiger partial charge in [0.2, 0.25) is 0 Å². The first-order valence-electron chi connectivity index (χ1n) is 30.4. The molecule has 0 atom stereocenters. The first-order valence-corrected chi connectivity index (χ1v) is 38.5. The molecule has 2 nitrogen and oxygen atoms in total. The molecule has 0 amide bonds. The maximum Gasteiger partial charge on any atom is 0.488 e. The van der Waals surface area contributed by atoms with Crippen LogP contribution in [0.3, 0.4) is 0 Å². The van der Waals surface area contributed by atoms with Gasteiger partial charge in [-0.25, -0.2) is 0 Å². The highest BCUT2D eigenvalue weighted by atomic mass is 79.9. The van der Waals surface area contributed by atoms with Crippen molar-refractivity contribution in [1.82, 2.24) is 0 Å². The maximum atomic E-state index is 9.00. The molecule has 8 heterocycles. The van der Waals surface area contributed by atoms with E-state index in [1.54, 1.807) is 12.1 Å². The number of rotatable bonds is 30. The summed E-state index contributed by atoms with van der Waals surface area (Å²) < 4.78 is 14.1. The molecule has 0 aliphatic heterocycles. The van der Waals surface area contributed by atoms with E-state index >= 15 is 0 Å². The van der Waals surface area contributed by atoms with Crippen LogP contribution in [0.5, 0.6) is 0 Å². The molecule has 0 unspecified atom stereocenters. The molecule has 8 aromatic heterocycles. The third-order valence-electron chi connectivity index (χ3n) is 15.6. The van der Waals surface area contributed by atoms with Gasteiger partial charge < -0.3 is 10.0 Å². The zero-order chi connectivity index (χ0) is 56.3. The predicted octanol–water partition coefficient (Wildman–Crippen LogP) is 26.1. The van der Waals surface area contributed by atoms with Crippen molar-refractivity contribution in [2.45, 2.75) is 194 Å². The summed E-state index contributed by atoms with van der Waals surface area (Å²) in [5.74, 6) is 0. The Morgan fingerprint density at radius 1 is 0.321 bits per heavy atom. The van der Waals surface area contributed by atoms with Gasteiger partial charge >= 0.3 is 7.12 Å². The number of benzene rings is 3. The van der Waals surface area contributed by atoms with E-state index in [1.165, 1.54) is 268 Å². The van der Waals surface area contributed by atoms with Gasteiger partial charge in [0.25, 0.3) is 0 Å². The van der Waals surface area contributed by atoms with Crippen molar-refractivity contribution in [3.05, 3.63) is 121 Å². The van der Waals surface area contributed by atoms with Crippen LogP contribution in [0, 0.1) is 0 Å². The largest absolute Gasteiger partial charge is 0.488 e. The average molecular weight is 1360 g/mol. The van der Waals surface area contributed by atoms with Gasteiger partial charge in [-0.1, -0.05) is 228 Å². The standard InChI is InChI=1S/C42H52S4.C16H27BO2.C10H2Br2S4/c1-3-5-7-9-11-13-15-17-19-31-21-25-33(26-22-31)37-29-35-39-40(45-41(35)43-37)36-30-38(44-42(36)46-39)34-27-23-32(24-28-34)20-18-16-14-12-10-8-6-4-2;1-2-3-4-5-6-7-8-9-10-15-11-13-16(14-12-15)17(18)19;11-5-1-3-7-8(16-9(3)13-5)4-2-6(12)14-10(4)15-7/h21-30H,3-20H2,1-2H3;11-14,18-19H,2-10H2,1H3;1-2H. The molecule has 0 aliphatic rings. The quantitative estimate of drug-likeness (QED) is 0.0348. The molecule has 13 heteroatoms. The molecule has 0 saturated carbocycles. The topological polar surface area (TPSA) is 40.5 Å². The van der Waals surface area contributed by atoms with E-state index in [9.17, 15) is 0 Å². The third kappa shape index (κ3) is 17.9. The average Bonchev–Trinajstić information content (AvgIpc) is 3.33. The summed E-state index contributed by atoms with van der Waals surface area (Å²) in [4.78, 5) is 2.82. The van der Waals surface area contributed by atoms with E-state index < -0.39 is 7.12 Å². The Morgan fingerprint density at radius 2 is 0.593 bits per heavy atom. The molecule has 11 rings (SSSR count). The summed E-state index contributed by atoms with van der Waals surface area (Å²) in [7, 11) is -1.35. The van der Waals surface area contributed by atoms with Crippen LogP contribution >= 0.6 is 123 Å². The van der Waals surface area contributed by atoms with Crippen LogP contribution < -0.4 is 5.46 Å². The van der Waals surface area contributed by atoms with Crippen molar-refractivity contribution in [2.24, 2.45) is 0 Å². The summed E-state index contributed by atoms with van der Waals surface area (Å²) in [6.45, 7) is 6.84. The number of hydrogen-bond acceptors (Lipinski definition) is 10. The molecule has 2 N–H and O–H groups in total. The molecule has 0 aliphatic carbocycles. The van der Waals surface area contributed by atoms with Crippen molar-refractivity contribution >= 4 is 192 Å². The predicted molar refractivity (Wildman–Crippen MR) is 382 cm³/mol. The van der Waals surface area contributed by atoms with Gasteiger partial charge in [-0.2, -0.15) is 0 Å². The molecule has 0 saturated heterocycles. The SMILES string of the molecule is Brc1cc2c(s1)sc1c3cc(Br)sc3sc21.CCCCCCCCCCc1ccc(-c2cc3c(s2)sc2c4cc(-c5ccc(CCCCCCCCCC)cc5)sc4sc32)cc1.CCCCCCCCCCc1ccc(B(O)O)cc1. The molecule has 3 aromatic carbocycles. The second-order valence-corrected chi connectivity index (χ2v) is 34.1. The summed E-state index contributed by atoms with van der Waals surface area (Å²) in [5.41, 5.74) is 7.57. The van der Waals surface area contributed by atoms with Gasteiger partial charge in [0, 0.05) is 31.3 Å². The van der Waals surface area contributed by atoms with Crippen molar-refractivity contribution in [1.29, 1.82) is 0 Å². The minimum absolute atomic E-state index is 0.569. The Bertz CT molecular complexity index is 3380. The van der Waals surface area contributed by atoms with Crippen LogP contribution in [-0.4, -0.2) is 17.2 Å². The number of hydrogen-bond donors (Lipinski definition) is 2. The Kier molecular flexibility index (Phi) is 25.8. The number of unbranched alkanes of at least 4 members (excludes halogenated alkanes) is 21. The van der Waals surface area contributed by atoms with Crippen molar-refractivity contribution in [3.63, 3.8) is 0 Å². The third-order valence-corrected chi connectivity index (χ3v) is 26.8. The molecular formula is C68H81BBr2O2S8. The van der Waals surface area contributed by atoms with Crippen LogP contribution in [0.25, 0.3) is 77.3 Å². The zero-order valence-electron chi connectivity index (χ0n) is 47.8. The highest BCUT2D eigenvalue weighted by Crippen LogP contribution is 2.53. The van der Waals surface area contributed by atoms with Gasteiger partial charge in [0.1, 0.15) is 0 Å². The number of halogens is 2. The van der Waals surface area contributed by atoms with E-state index in [0.29, 0.717) is 5.46 Å². The lowest BCUT2D eigenvalue weighted by molar-refractivity contribution is 0.426. The van der Waals surface area contributed by atoms with Crippen molar-refractivity contribution in [2.75, 3.05) is 0 Å². The molecule has 0 bridgehead atoms. The van der Waals surface area contributed by atoms with Crippen molar-refractivity contribution in [3.8, 4) is 20.9 Å². The fraction of sp³-hybridized carbons (Fsp3) is 0.441. The van der Waals surface area contributed by atoms with Gasteiger partial charge in [0.05, 0.1) is 42.4 Å². The maximum absolute atomic E-state index is 9.00. The second kappa shape index (κ2) is 33.0. The number of fused-ring (bicyclic) bond motifs is 10. The highest BCUT2D eigenvalue weighted by molar-refractivity contribution is 9.11. The minimum atomic E-state index is -1.35. The van der Waals surface area contributed by atoms with Crippen LogP contribution in [-0.2, 0) is 19.3 Å². The monoisotopic (exact) mass is 1350 g/mol. The van der Waals surface area contributed by atoms with Gasteiger partial charge in [-0.3, -0.25) is 0 Å². The van der Waals surface area contributed by atoms with Crippen LogP contribution in [0.1, 0.15) is 192 Å². The minimum Gasteiger partial charge on any atom is -0.423 e. The molecule has 0 spiro atoms. The lowest BCUT2D eigenvalue weighted by Gasteiger charge is -2.04. The number of aryl methyl sites for hydroxylation is 3. The van der Waals surface area contributed by atoms with Crippen molar-refractivity contribution < 1.29 is 10.0 Å². The van der Waals surface area contributed by atoms with Crippen LogP contribution in [0.2, 0.25) is 0 Å². The molecule has 81 heavy (non-hydrogen) atoms. The van der Waals surface area contributed by atoms with E-state index in [1.807, 2.05) is 103 Å². The van der Waals surface area contributed by atoms with Crippen LogP contribution in [0.4, 0.5) is 0 Å². The van der Waals surface area contributed by atoms with E-state index in [-0.39, 0.29) is 0 Å². The van der Waals surface area contributed by atoms with E-state index in [0.717, 1.165) is 6.42 Å². The second-order valence-electron chi connectivity index (χ2n) is 22.0. The number of thiophene rings is 8. The fourth-order valence-corrected chi connectivity index (χ4v) is 23.4. The molecule has 0 radical (unpaired) electrons. The van der Waals surface area contributed by atoms with Gasteiger partial charge in [-0.05, 0) is 128 Å². The summed E-state index contributed by atoms with van der Waals surface area (Å²) in [6, 6.07) is 35.9. The van der Waals surface area contributed by atoms with Crippen LogP contribution in [0.15, 0.2) is 105 Å². The Hall–Kier alpha value is -2.24. The van der Waals surface area contributed by atoms with Gasteiger partial charge in [-0.15, -0.1) is 90.7 Å². The first kappa shape index (κ1) is 63.3. The zero-order valence-corrected chi connectivity index (χ0v) is 57.5. The van der Waals surface area contributed by atoms with E-state index in [2.05, 4.69) is 125 Å². The Morgan fingerprint density at radius 3 is 0.901 bits per heavy atom. The lowest BCUT2D eigenvalue weighted by Crippen LogP contribution is -2.29. The van der Waals surface area contributed by atoms with Gasteiger partial charge in [0.15, 0.2) is 0 Å². The smallest absolute Gasteiger partial charge is 0.423 e. The summed E-state index contributed by atoms with van der Waals surface area (Å²) >= 11 is 22.6. The molecule has 11 aromatic rings. The molecule has 430 valence electrons. The summed E-state index contributed by atoms with van der Waals surface area (Å²) in [6.07, 6.45) is 36.4. The molecule has 0 fully saturated rings. The Balaban J connectivity index is 0.000000183. The lowest BCUT2D eigenvalue weighted by atomic mass is 9.80. The normalized spacial score (nSPS) is 11.7. The highest BCUT2D eigenvalue weighted by Gasteiger charge is 2.19. The molecular weight excluding hydrogens is 1280 g/mol.